The molecule has 1 atom stereocenters. The van der Waals surface area contributed by atoms with Gasteiger partial charge in [-0.1, -0.05) is 13.8 Å². The van der Waals surface area contributed by atoms with E-state index in [4.69, 9.17) is 10.8 Å². The number of carbonyl (C=O) groups is 2. The summed E-state index contributed by atoms with van der Waals surface area (Å²) in [4.78, 5) is 22.8. The first-order chi connectivity index (χ1) is 7.85. The van der Waals surface area contributed by atoms with Gasteiger partial charge in [0.05, 0.1) is 6.61 Å². The minimum atomic E-state index is -0.961. The van der Waals surface area contributed by atoms with Gasteiger partial charge >= 0.3 is 0 Å². The molecule has 0 saturated heterocycles. The quantitative estimate of drug-likeness (QED) is 0.656. The van der Waals surface area contributed by atoms with Crippen LogP contribution in [0.2, 0.25) is 0 Å². The Morgan fingerprint density at radius 2 is 1.94 bits per heavy atom. The van der Waals surface area contributed by atoms with Crippen molar-refractivity contribution in [3.63, 3.8) is 0 Å². The minimum Gasteiger partial charge on any atom is -0.394 e. The Morgan fingerprint density at radius 1 is 1.41 bits per heavy atom. The summed E-state index contributed by atoms with van der Waals surface area (Å²) in [6.07, 6.45) is 3.67. The maximum Gasteiger partial charge on any atom is 0.242 e. The van der Waals surface area contributed by atoms with Crippen molar-refractivity contribution in [3.8, 4) is 0 Å². The fourth-order valence-corrected chi connectivity index (χ4v) is 2.16. The highest BCUT2D eigenvalue weighted by Gasteiger charge is 2.31. The first-order valence-electron chi connectivity index (χ1n) is 6.06. The number of aliphatic hydroxyl groups excluding tert-OH is 1. The van der Waals surface area contributed by atoms with Crippen LogP contribution in [0.4, 0.5) is 0 Å². The molecule has 17 heavy (non-hydrogen) atoms. The zero-order valence-electron chi connectivity index (χ0n) is 10.5. The molecule has 0 radical (unpaired) electrons. The summed E-state index contributed by atoms with van der Waals surface area (Å²) in [7, 11) is 0. The van der Waals surface area contributed by atoms with Crippen LogP contribution < -0.4 is 11.1 Å². The standard InChI is InChI=1S/C12H22N2O3/c1-12(2)5-3-8(4-6-12)11(17)14-9(7-15)10(13)16/h8-9,15H,3-7H2,1-2H3,(H2,13,16)(H,14,17)/t9-/m0/s1. The molecule has 1 saturated carbocycles. The van der Waals surface area contributed by atoms with Crippen molar-refractivity contribution in [3.05, 3.63) is 0 Å². The van der Waals surface area contributed by atoms with Gasteiger partial charge in [0.25, 0.3) is 0 Å². The molecule has 1 aliphatic carbocycles. The number of hydrogen-bond acceptors (Lipinski definition) is 3. The molecule has 98 valence electrons. The highest BCUT2D eigenvalue weighted by atomic mass is 16.3. The average molecular weight is 242 g/mol. The molecule has 2 amide bonds. The molecule has 0 heterocycles. The second kappa shape index (κ2) is 5.49. The molecule has 0 aromatic carbocycles. The summed E-state index contributed by atoms with van der Waals surface area (Å²) in [5, 5.41) is 11.4. The number of amides is 2. The van der Waals surface area contributed by atoms with E-state index >= 15 is 0 Å². The predicted octanol–water partition coefficient (Wildman–Crippen LogP) is 0.165. The lowest BCUT2D eigenvalue weighted by Crippen LogP contribution is -2.49. The van der Waals surface area contributed by atoms with E-state index in [0.29, 0.717) is 5.41 Å². The van der Waals surface area contributed by atoms with Gasteiger partial charge in [-0.3, -0.25) is 9.59 Å². The lowest BCUT2D eigenvalue weighted by molar-refractivity contribution is -0.131. The van der Waals surface area contributed by atoms with Gasteiger partial charge in [-0.05, 0) is 31.1 Å². The van der Waals surface area contributed by atoms with E-state index < -0.39 is 18.6 Å². The third kappa shape index (κ3) is 4.00. The maximum absolute atomic E-state index is 11.9. The van der Waals surface area contributed by atoms with Gasteiger partial charge in [0.2, 0.25) is 11.8 Å². The van der Waals surface area contributed by atoms with Crippen molar-refractivity contribution in [2.75, 3.05) is 6.61 Å². The molecule has 5 heteroatoms. The molecule has 0 aliphatic heterocycles. The Hall–Kier alpha value is -1.10. The van der Waals surface area contributed by atoms with Gasteiger partial charge in [0.1, 0.15) is 6.04 Å². The van der Waals surface area contributed by atoms with Crippen LogP contribution in [0.3, 0.4) is 0 Å². The molecular weight excluding hydrogens is 220 g/mol. The zero-order valence-corrected chi connectivity index (χ0v) is 10.5. The number of hydrogen-bond donors (Lipinski definition) is 3. The van der Waals surface area contributed by atoms with Crippen LogP contribution in [0.1, 0.15) is 39.5 Å². The number of rotatable bonds is 4. The molecule has 0 bridgehead atoms. The van der Waals surface area contributed by atoms with Crippen LogP contribution in [0.5, 0.6) is 0 Å². The summed E-state index contributed by atoms with van der Waals surface area (Å²) < 4.78 is 0. The number of nitrogens with two attached hydrogens (primary N) is 1. The lowest BCUT2D eigenvalue weighted by Gasteiger charge is -2.33. The van der Waals surface area contributed by atoms with Gasteiger partial charge < -0.3 is 16.2 Å². The topological polar surface area (TPSA) is 92.4 Å². The third-order valence-corrected chi connectivity index (χ3v) is 3.55. The van der Waals surface area contributed by atoms with Crippen LogP contribution >= 0.6 is 0 Å². The van der Waals surface area contributed by atoms with Crippen molar-refractivity contribution in [1.82, 2.24) is 5.32 Å². The van der Waals surface area contributed by atoms with Gasteiger partial charge in [-0.15, -0.1) is 0 Å². The number of aliphatic hydroxyl groups is 1. The van der Waals surface area contributed by atoms with Crippen molar-refractivity contribution >= 4 is 11.8 Å². The van der Waals surface area contributed by atoms with E-state index in [9.17, 15) is 9.59 Å². The second-order valence-electron chi connectivity index (χ2n) is 5.58. The highest BCUT2D eigenvalue weighted by Crippen LogP contribution is 2.37. The van der Waals surface area contributed by atoms with Crippen molar-refractivity contribution in [2.24, 2.45) is 17.1 Å². The summed E-state index contributed by atoms with van der Waals surface area (Å²) in [6.45, 7) is 3.95. The van der Waals surface area contributed by atoms with E-state index in [1.165, 1.54) is 0 Å². The third-order valence-electron chi connectivity index (χ3n) is 3.55. The van der Waals surface area contributed by atoms with Crippen molar-refractivity contribution < 1.29 is 14.7 Å². The molecule has 4 N–H and O–H groups in total. The number of nitrogens with one attached hydrogen (secondary N) is 1. The van der Waals surface area contributed by atoms with Gasteiger partial charge in [-0.25, -0.2) is 0 Å². The Balaban J connectivity index is 2.46. The monoisotopic (exact) mass is 242 g/mol. The molecular formula is C12H22N2O3. The van der Waals surface area contributed by atoms with E-state index in [1.807, 2.05) is 0 Å². The van der Waals surface area contributed by atoms with Crippen molar-refractivity contribution in [2.45, 2.75) is 45.6 Å². The molecule has 0 aromatic rings. The minimum absolute atomic E-state index is 0.0589. The molecule has 0 aromatic heterocycles. The predicted molar refractivity (Wildman–Crippen MR) is 63.9 cm³/mol. The van der Waals surface area contributed by atoms with E-state index in [1.54, 1.807) is 0 Å². The molecule has 1 rings (SSSR count). The molecule has 5 nitrogen and oxygen atoms in total. The number of carbonyl (C=O) groups excluding carboxylic acids is 2. The SMILES string of the molecule is CC1(C)CCC(C(=O)N[C@@H](CO)C(N)=O)CC1. The smallest absolute Gasteiger partial charge is 0.242 e. The van der Waals surface area contributed by atoms with Crippen LogP contribution in [0.15, 0.2) is 0 Å². The largest absolute Gasteiger partial charge is 0.394 e. The van der Waals surface area contributed by atoms with Crippen LogP contribution in [-0.4, -0.2) is 29.6 Å². The number of primary amides is 1. The van der Waals surface area contributed by atoms with Gasteiger partial charge in [-0.2, -0.15) is 0 Å². The zero-order chi connectivity index (χ0) is 13.1. The van der Waals surface area contributed by atoms with Crippen LogP contribution in [0.25, 0.3) is 0 Å². The van der Waals surface area contributed by atoms with Gasteiger partial charge in [0.15, 0.2) is 0 Å². The fraction of sp³-hybridized carbons (Fsp3) is 0.833. The van der Waals surface area contributed by atoms with E-state index in [0.717, 1.165) is 25.7 Å². The van der Waals surface area contributed by atoms with Gasteiger partial charge in [0, 0.05) is 5.92 Å². The fourth-order valence-electron chi connectivity index (χ4n) is 2.16. The molecule has 0 spiro atoms. The van der Waals surface area contributed by atoms with E-state index in [2.05, 4.69) is 19.2 Å². The lowest BCUT2D eigenvalue weighted by atomic mass is 9.73. The summed E-state index contributed by atoms with van der Waals surface area (Å²) in [6, 6.07) is -0.961. The maximum atomic E-state index is 11.9. The normalized spacial score (nSPS) is 21.8. The Kier molecular flexibility index (Phi) is 4.51. The van der Waals surface area contributed by atoms with Crippen LogP contribution in [0, 0.1) is 11.3 Å². The first-order valence-corrected chi connectivity index (χ1v) is 6.06. The Morgan fingerprint density at radius 3 is 2.35 bits per heavy atom. The summed E-state index contributed by atoms with van der Waals surface area (Å²) in [5.41, 5.74) is 5.36. The molecule has 0 unspecified atom stereocenters. The molecule has 1 fully saturated rings. The van der Waals surface area contributed by atoms with Crippen molar-refractivity contribution in [1.29, 1.82) is 0 Å². The molecule has 1 aliphatic rings. The Bertz CT molecular complexity index is 292. The highest BCUT2D eigenvalue weighted by molar-refractivity contribution is 5.87. The first kappa shape index (κ1) is 14.0. The Labute approximate surface area is 102 Å². The average Bonchev–Trinajstić information content (AvgIpc) is 2.25. The van der Waals surface area contributed by atoms with E-state index in [-0.39, 0.29) is 11.8 Å². The second-order valence-corrected chi connectivity index (χ2v) is 5.58. The van der Waals surface area contributed by atoms with Crippen LogP contribution in [-0.2, 0) is 9.59 Å². The summed E-state index contributed by atoms with van der Waals surface area (Å²) in [5.74, 6) is -0.924. The summed E-state index contributed by atoms with van der Waals surface area (Å²) >= 11 is 0.